The lowest BCUT2D eigenvalue weighted by molar-refractivity contribution is 0.0819. The van der Waals surface area contributed by atoms with Crippen molar-refractivity contribution >= 4 is 5.69 Å². The first-order valence-corrected chi connectivity index (χ1v) is 6.70. The normalized spacial score (nSPS) is 18.6. The molecular weight excluding hydrogens is 244 g/mol. The van der Waals surface area contributed by atoms with Gasteiger partial charge in [-0.3, -0.25) is 4.79 Å². The first-order chi connectivity index (χ1) is 9.10. The number of piperidine rings is 1. The van der Waals surface area contributed by atoms with E-state index in [1.54, 1.807) is 19.4 Å². The number of nitrogens with two attached hydrogens (primary N) is 1. The van der Waals surface area contributed by atoms with E-state index >= 15 is 0 Å². The third-order valence-electron chi connectivity index (χ3n) is 3.46. The van der Waals surface area contributed by atoms with E-state index in [-0.39, 0.29) is 11.6 Å². The zero-order valence-corrected chi connectivity index (χ0v) is 11.6. The number of rotatable bonds is 4. The maximum atomic E-state index is 11.9. The van der Waals surface area contributed by atoms with E-state index in [9.17, 15) is 4.79 Å². The van der Waals surface area contributed by atoms with E-state index in [0.29, 0.717) is 12.6 Å². The second kappa shape index (κ2) is 6.16. The van der Waals surface area contributed by atoms with Gasteiger partial charge in [-0.05, 0) is 19.8 Å². The van der Waals surface area contributed by atoms with Gasteiger partial charge in [0.25, 0.3) is 5.56 Å². The van der Waals surface area contributed by atoms with Crippen LogP contribution >= 0.6 is 0 Å². The molecule has 1 atom stereocenters. The van der Waals surface area contributed by atoms with Crippen LogP contribution in [0, 0.1) is 0 Å². The summed E-state index contributed by atoms with van der Waals surface area (Å²) in [4.78, 5) is 14.1. The quantitative estimate of drug-likeness (QED) is 0.843. The van der Waals surface area contributed by atoms with Crippen LogP contribution in [0.25, 0.3) is 0 Å². The Morgan fingerprint density at radius 1 is 1.53 bits per heavy atom. The summed E-state index contributed by atoms with van der Waals surface area (Å²) in [7, 11) is 1.75. The fourth-order valence-electron chi connectivity index (χ4n) is 2.36. The first-order valence-electron chi connectivity index (χ1n) is 6.70. The number of nitrogens with zero attached hydrogens (tertiary/aromatic N) is 3. The molecule has 1 aliphatic heterocycles. The van der Waals surface area contributed by atoms with Crippen molar-refractivity contribution in [1.82, 2.24) is 9.78 Å². The van der Waals surface area contributed by atoms with Crippen LogP contribution in [0.1, 0.15) is 19.8 Å². The molecule has 6 nitrogen and oxygen atoms in total. The van der Waals surface area contributed by atoms with Crippen molar-refractivity contribution in [3.63, 3.8) is 0 Å². The predicted octanol–water partition coefficient (Wildman–Crippen LogP) is 0.206. The summed E-state index contributed by atoms with van der Waals surface area (Å²) < 4.78 is 6.75. The first kappa shape index (κ1) is 14.0. The van der Waals surface area contributed by atoms with Gasteiger partial charge in [0.05, 0.1) is 24.5 Å². The highest BCUT2D eigenvalue weighted by Crippen LogP contribution is 2.18. The highest BCUT2D eigenvalue weighted by molar-refractivity contribution is 5.43. The van der Waals surface area contributed by atoms with Gasteiger partial charge in [-0.25, -0.2) is 4.68 Å². The van der Waals surface area contributed by atoms with Crippen molar-refractivity contribution in [2.24, 2.45) is 5.73 Å². The van der Waals surface area contributed by atoms with Gasteiger partial charge in [-0.1, -0.05) is 0 Å². The zero-order valence-electron chi connectivity index (χ0n) is 11.6. The lowest BCUT2D eigenvalue weighted by Crippen LogP contribution is -2.38. The largest absolute Gasteiger partial charge is 0.381 e. The Balaban J connectivity index is 2.06. The zero-order chi connectivity index (χ0) is 13.8. The molecule has 0 bridgehead atoms. The Labute approximate surface area is 113 Å². The molecule has 1 saturated heterocycles. The molecule has 6 heteroatoms. The van der Waals surface area contributed by atoms with Gasteiger partial charge in [-0.2, -0.15) is 5.10 Å². The van der Waals surface area contributed by atoms with Crippen LogP contribution in [0.15, 0.2) is 17.1 Å². The summed E-state index contributed by atoms with van der Waals surface area (Å²) in [6, 6.07) is 1.57. The van der Waals surface area contributed by atoms with Gasteiger partial charge >= 0.3 is 0 Å². The number of ether oxygens (including phenoxy) is 1. The molecule has 0 unspecified atom stereocenters. The van der Waals surface area contributed by atoms with Crippen molar-refractivity contribution in [3.05, 3.63) is 22.6 Å². The van der Waals surface area contributed by atoms with Crippen molar-refractivity contribution in [2.75, 3.05) is 25.1 Å². The smallest absolute Gasteiger partial charge is 0.268 e. The SMILES string of the molecule is COC1CCN(c2cnn(C[C@@H](C)N)c(=O)c2)CC1. The lowest BCUT2D eigenvalue weighted by atomic mass is 10.1. The molecule has 1 aromatic heterocycles. The molecule has 1 aromatic rings. The van der Waals surface area contributed by atoms with Gasteiger partial charge in [-0.15, -0.1) is 0 Å². The van der Waals surface area contributed by atoms with Crippen molar-refractivity contribution < 1.29 is 4.74 Å². The molecule has 0 aliphatic carbocycles. The monoisotopic (exact) mass is 266 g/mol. The molecular formula is C13H22N4O2. The van der Waals surface area contributed by atoms with Crippen LogP contribution < -0.4 is 16.2 Å². The molecule has 2 heterocycles. The van der Waals surface area contributed by atoms with E-state index < -0.39 is 0 Å². The standard InChI is InChI=1S/C13H22N4O2/c1-10(14)9-17-13(18)7-11(8-15-17)16-5-3-12(19-2)4-6-16/h7-8,10,12H,3-6,9,14H2,1-2H3/t10-/m1/s1. The van der Waals surface area contributed by atoms with Crippen LogP contribution in [-0.4, -0.2) is 42.1 Å². The predicted molar refractivity (Wildman–Crippen MR) is 74.4 cm³/mol. The molecule has 0 radical (unpaired) electrons. The molecule has 0 amide bonds. The summed E-state index contributed by atoms with van der Waals surface area (Å²) in [5.41, 5.74) is 6.48. The second-order valence-corrected chi connectivity index (χ2v) is 5.13. The molecule has 1 aliphatic rings. The minimum atomic E-state index is -0.0938. The number of methoxy groups -OCH3 is 1. The Hall–Kier alpha value is -1.40. The minimum Gasteiger partial charge on any atom is -0.381 e. The molecule has 0 aromatic carbocycles. The van der Waals surface area contributed by atoms with E-state index in [1.807, 2.05) is 6.92 Å². The van der Waals surface area contributed by atoms with Gasteiger partial charge in [0.2, 0.25) is 0 Å². The summed E-state index contributed by atoms with van der Waals surface area (Å²) in [5.74, 6) is 0. The molecule has 2 N–H and O–H groups in total. The maximum Gasteiger partial charge on any atom is 0.268 e. The molecule has 2 rings (SSSR count). The van der Waals surface area contributed by atoms with Crippen LogP contribution in [0.4, 0.5) is 5.69 Å². The highest BCUT2D eigenvalue weighted by Gasteiger charge is 2.19. The van der Waals surface area contributed by atoms with E-state index in [4.69, 9.17) is 10.5 Å². The molecule has 1 fully saturated rings. The second-order valence-electron chi connectivity index (χ2n) is 5.13. The molecule has 19 heavy (non-hydrogen) atoms. The third kappa shape index (κ3) is 3.54. The van der Waals surface area contributed by atoms with Gasteiger partial charge < -0.3 is 15.4 Å². The molecule has 106 valence electrons. The maximum absolute atomic E-state index is 11.9. The fourth-order valence-corrected chi connectivity index (χ4v) is 2.36. The van der Waals surface area contributed by atoms with Crippen molar-refractivity contribution in [1.29, 1.82) is 0 Å². The van der Waals surface area contributed by atoms with Crippen LogP contribution in [0.5, 0.6) is 0 Å². The summed E-state index contributed by atoms with van der Waals surface area (Å²) in [6.07, 6.45) is 4.05. The fraction of sp³-hybridized carbons (Fsp3) is 0.692. The van der Waals surface area contributed by atoms with Crippen LogP contribution in [-0.2, 0) is 11.3 Å². The van der Waals surface area contributed by atoms with Crippen LogP contribution in [0.3, 0.4) is 0 Å². The highest BCUT2D eigenvalue weighted by atomic mass is 16.5. The minimum absolute atomic E-state index is 0.0755. The van der Waals surface area contributed by atoms with Gasteiger partial charge in [0.1, 0.15) is 0 Å². The molecule has 0 spiro atoms. The summed E-state index contributed by atoms with van der Waals surface area (Å²) in [5, 5.41) is 4.18. The Morgan fingerprint density at radius 2 is 2.21 bits per heavy atom. The third-order valence-corrected chi connectivity index (χ3v) is 3.46. The van der Waals surface area contributed by atoms with Gasteiger partial charge in [0, 0.05) is 32.3 Å². The number of hydrogen-bond acceptors (Lipinski definition) is 5. The molecule has 0 saturated carbocycles. The number of anilines is 1. The van der Waals surface area contributed by atoms with E-state index in [2.05, 4.69) is 10.00 Å². The van der Waals surface area contributed by atoms with E-state index in [1.165, 1.54) is 4.68 Å². The van der Waals surface area contributed by atoms with Gasteiger partial charge in [0.15, 0.2) is 0 Å². The summed E-state index contributed by atoms with van der Waals surface area (Å²) in [6.45, 7) is 4.11. The summed E-state index contributed by atoms with van der Waals surface area (Å²) >= 11 is 0. The van der Waals surface area contributed by atoms with E-state index in [0.717, 1.165) is 31.6 Å². The average molecular weight is 266 g/mol. The number of aromatic nitrogens is 2. The topological polar surface area (TPSA) is 73.4 Å². The Kier molecular flexibility index (Phi) is 4.55. The number of hydrogen-bond donors (Lipinski definition) is 1. The van der Waals surface area contributed by atoms with Crippen molar-refractivity contribution in [2.45, 2.75) is 38.5 Å². The van der Waals surface area contributed by atoms with Crippen LogP contribution in [0.2, 0.25) is 0 Å². The Bertz CT molecular complexity index is 464. The lowest BCUT2D eigenvalue weighted by Gasteiger charge is -2.32. The van der Waals surface area contributed by atoms with Crippen molar-refractivity contribution in [3.8, 4) is 0 Å². The Morgan fingerprint density at radius 3 is 2.74 bits per heavy atom. The average Bonchev–Trinajstić information content (AvgIpc) is 2.41.